The van der Waals surface area contributed by atoms with Gasteiger partial charge < -0.3 is 15.3 Å². The number of benzene rings is 3. The van der Waals surface area contributed by atoms with Crippen LogP contribution in [-0.4, -0.2) is 43.6 Å². The molecule has 0 unspecified atom stereocenters. The molecule has 2 aliphatic rings. The van der Waals surface area contributed by atoms with E-state index >= 15 is 0 Å². The zero-order chi connectivity index (χ0) is 26.6. The van der Waals surface area contributed by atoms with Crippen LogP contribution in [0.3, 0.4) is 0 Å². The lowest BCUT2D eigenvalue weighted by molar-refractivity contribution is 0.0697. The molecule has 11 nitrogen and oxygen atoms in total. The lowest BCUT2D eigenvalue weighted by Gasteiger charge is -2.20. The quantitative estimate of drug-likeness (QED) is 0.168. The first-order valence-electron chi connectivity index (χ1n) is 10.4. The van der Waals surface area contributed by atoms with E-state index in [0.29, 0.717) is 5.56 Å². The molecule has 0 fully saturated rings. The van der Waals surface area contributed by atoms with E-state index in [0.717, 1.165) is 0 Å². The molecule has 0 saturated carbocycles. The molecule has 0 atom stereocenters. The van der Waals surface area contributed by atoms with Gasteiger partial charge in [-0.15, -0.1) is 0 Å². The SMILES string of the molecule is CCN=c1ccc2c(-c3ccc(C)cc3C(=O)O)c3ccc(N)c(S(=O)(=O)O)c3oc-2c1S(=O)(=O)O. The molecule has 1 aliphatic carbocycles. The third-order valence-corrected chi connectivity index (χ3v) is 7.34. The number of aryl methyl sites for hydroxylation is 1. The second-order valence-electron chi connectivity index (χ2n) is 7.91. The topological polar surface area (TPSA) is 198 Å². The maximum Gasteiger partial charge on any atom is 0.336 e. The smallest absolute Gasteiger partial charge is 0.336 e. The van der Waals surface area contributed by atoms with Gasteiger partial charge >= 0.3 is 5.97 Å². The number of anilines is 1. The highest BCUT2D eigenvalue weighted by Gasteiger charge is 2.31. The van der Waals surface area contributed by atoms with E-state index in [4.69, 9.17) is 10.2 Å². The fourth-order valence-electron chi connectivity index (χ4n) is 4.13. The third-order valence-electron chi connectivity index (χ3n) is 5.50. The molecular weight excluding hydrogens is 512 g/mol. The van der Waals surface area contributed by atoms with Gasteiger partial charge in [0.2, 0.25) is 0 Å². The van der Waals surface area contributed by atoms with Gasteiger partial charge in [0.05, 0.1) is 16.6 Å². The number of aromatic carboxylic acids is 1. The van der Waals surface area contributed by atoms with Crippen LogP contribution in [0.2, 0.25) is 0 Å². The summed E-state index contributed by atoms with van der Waals surface area (Å²) in [7, 11) is -9.99. The van der Waals surface area contributed by atoms with Gasteiger partial charge in [0.25, 0.3) is 20.2 Å². The maximum absolute atomic E-state index is 12.4. The molecule has 1 aliphatic heterocycles. The Labute approximate surface area is 205 Å². The first-order chi connectivity index (χ1) is 16.8. The van der Waals surface area contributed by atoms with E-state index in [1.807, 2.05) is 0 Å². The molecule has 0 aromatic heterocycles. The first-order valence-corrected chi connectivity index (χ1v) is 13.3. The number of hydrogen-bond acceptors (Lipinski definition) is 8. The van der Waals surface area contributed by atoms with Crippen LogP contribution in [-0.2, 0) is 20.2 Å². The molecule has 0 spiro atoms. The van der Waals surface area contributed by atoms with Crippen LogP contribution >= 0.6 is 0 Å². The predicted octanol–water partition coefficient (Wildman–Crippen LogP) is 3.21. The minimum atomic E-state index is -5.00. The van der Waals surface area contributed by atoms with Crippen molar-refractivity contribution in [3.05, 3.63) is 58.9 Å². The summed E-state index contributed by atoms with van der Waals surface area (Å²) in [6, 6.07) is 9.78. The summed E-state index contributed by atoms with van der Waals surface area (Å²) in [4.78, 5) is 14.6. The van der Waals surface area contributed by atoms with E-state index in [1.165, 1.54) is 36.4 Å². The fourth-order valence-corrected chi connectivity index (χ4v) is 5.66. The molecule has 13 heteroatoms. The van der Waals surface area contributed by atoms with Crippen LogP contribution in [0.1, 0.15) is 22.8 Å². The van der Waals surface area contributed by atoms with Crippen molar-refractivity contribution in [2.45, 2.75) is 23.6 Å². The van der Waals surface area contributed by atoms with Crippen molar-refractivity contribution in [2.24, 2.45) is 4.99 Å². The summed E-state index contributed by atoms with van der Waals surface area (Å²) in [5.41, 5.74) is 5.59. The predicted molar refractivity (Wildman–Crippen MR) is 130 cm³/mol. The Bertz CT molecular complexity index is 1820. The van der Waals surface area contributed by atoms with E-state index in [9.17, 15) is 35.8 Å². The highest BCUT2D eigenvalue weighted by atomic mass is 32.2. The second-order valence-corrected chi connectivity index (χ2v) is 10.6. The average molecular weight is 533 g/mol. The van der Waals surface area contributed by atoms with Gasteiger partial charge in [0, 0.05) is 23.1 Å². The minimum Gasteiger partial charge on any atom is -0.478 e. The second kappa shape index (κ2) is 8.71. The maximum atomic E-state index is 12.4. The monoisotopic (exact) mass is 532 g/mol. The van der Waals surface area contributed by atoms with Gasteiger partial charge in [0.1, 0.15) is 0 Å². The van der Waals surface area contributed by atoms with Crippen molar-refractivity contribution >= 4 is 42.9 Å². The van der Waals surface area contributed by atoms with Crippen molar-refractivity contribution in [1.82, 2.24) is 0 Å². The van der Waals surface area contributed by atoms with Gasteiger partial charge in [-0.3, -0.25) is 14.1 Å². The van der Waals surface area contributed by atoms with Gasteiger partial charge in [-0.2, -0.15) is 16.8 Å². The lowest BCUT2D eigenvalue weighted by atomic mass is 9.90. The summed E-state index contributed by atoms with van der Waals surface area (Å²) in [6.45, 7) is 3.45. The highest BCUT2D eigenvalue weighted by Crippen LogP contribution is 2.45. The summed E-state index contributed by atoms with van der Waals surface area (Å²) in [6.07, 6.45) is 0. The Balaban J connectivity index is 2.41. The van der Waals surface area contributed by atoms with Crippen molar-refractivity contribution in [1.29, 1.82) is 0 Å². The molecule has 0 radical (unpaired) electrons. The molecular formula is C23H20N2O9S2. The number of rotatable bonds is 5. The fraction of sp³-hybridized carbons (Fsp3) is 0.130. The Morgan fingerprint density at radius 1 is 0.972 bits per heavy atom. The molecule has 0 bridgehead atoms. The number of carboxylic acids is 1. The molecule has 0 saturated heterocycles. The normalized spacial score (nSPS) is 12.9. The van der Waals surface area contributed by atoms with Gasteiger partial charge in [0.15, 0.2) is 21.1 Å². The van der Waals surface area contributed by atoms with Crippen LogP contribution in [0.15, 0.2) is 61.7 Å². The minimum absolute atomic E-state index is 0.0251. The number of fused-ring (bicyclic) bond motifs is 2. The van der Waals surface area contributed by atoms with Crippen LogP contribution in [0.4, 0.5) is 5.69 Å². The van der Waals surface area contributed by atoms with Gasteiger partial charge in [-0.1, -0.05) is 17.7 Å². The zero-order valence-corrected chi connectivity index (χ0v) is 20.5. The van der Waals surface area contributed by atoms with Crippen LogP contribution in [0.5, 0.6) is 0 Å². The van der Waals surface area contributed by atoms with Gasteiger partial charge in [-0.05, 0) is 49.7 Å². The number of nitrogens with two attached hydrogens (primary N) is 1. The van der Waals surface area contributed by atoms with E-state index in [-0.39, 0.29) is 39.5 Å². The summed E-state index contributed by atoms with van der Waals surface area (Å²) in [5.74, 6) is -1.80. The molecule has 0 amide bonds. The number of hydrogen-bond donors (Lipinski definition) is 4. The molecule has 4 rings (SSSR count). The van der Waals surface area contributed by atoms with Crippen LogP contribution in [0.25, 0.3) is 33.4 Å². The molecule has 36 heavy (non-hydrogen) atoms. The van der Waals surface area contributed by atoms with Crippen LogP contribution < -0.4 is 11.1 Å². The van der Waals surface area contributed by atoms with Crippen molar-refractivity contribution in [3.63, 3.8) is 0 Å². The zero-order valence-electron chi connectivity index (χ0n) is 18.9. The van der Waals surface area contributed by atoms with E-state index < -0.39 is 53.0 Å². The van der Waals surface area contributed by atoms with Crippen molar-refractivity contribution < 1.29 is 40.3 Å². The Hall–Kier alpha value is -3.78. The number of nitrogen functional groups attached to an aromatic ring is 1. The Kier molecular flexibility index (Phi) is 6.12. The van der Waals surface area contributed by atoms with Gasteiger partial charge in [-0.25, -0.2) is 4.79 Å². The van der Waals surface area contributed by atoms with E-state index in [2.05, 4.69) is 4.99 Å². The molecule has 2 aromatic carbocycles. The molecule has 2 aromatic rings. The lowest BCUT2D eigenvalue weighted by Crippen LogP contribution is -2.18. The van der Waals surface area contributed by atoms with Crippen LogP contribution in [0, 0.1) is 6.92 Å². The van der Waals surface area contributed by atoms with E-state index in [1.54, 1.807) is 19.9 Å². The summed E-state index contributed by atoms with van der Waals surface area (Å²) < 4.78 is 75.1. The standard InChI is InChI=1S/C23H20N2O9S2/c1-3-25-17-9-7-14-18(12-5-4-11(2)10-15(12)23(26)27)13-6-8-16(24)21(35(28,29)30)19(13)34-20(14)22(17)36(31,32)33/h4-10H,3,24H2,1-2H3,(H,26,27)(H,28,29,30)(H,31,32,33). The molecule has 188 valence electrons. The summed E-state index contributed by atoms with van der Waals surface area (Å²) >= 11 is 0. The Morgan fingerprint density at radius 3 is 2.19 bits per heavy atom. The Morgan fingerprint density at radius 2 is 1.61 bits per heavy atom. The first kappa shape index (κ1) is 25.3. The largest absolute Gasteiger partial charge is 0.478 e. The number of carboxylic acid groups (broad SMARTS) is 1. The average Bonchev–Trinajstić information content (AvgIpc) is 2.75. The summed E-state index contributed by atoms with van der Waals surface area (Å²) in [5, 5.41) is 9.75. The van der Waals surface area contributed by atoms with Crippen molar-refractivity contribution in [2.75, 3.05) is 12.3 Å². The molecule has 1 heterocycles. The highest BCUT2D eigenvalue weighted by molar-refractivity contribution is 7.86. The number of nitrogens with zero attached hydrogens (tertiary/aromatic N) is 1. The number of carbonyl (C=O) groups is 1. The third kappa shape index (κ3) is 4.22. The molecule has 5 N–H and O–H groups in total. The van der Waals surface area contributed by atoms with Crippen molar-refractivity contribution in [3.8, 4) is 22.5 Å².